The minimum Gasteiger partial charge on any atom is -0.364 e. The Bertz CT molecular complexity index is 619. The number of methoxy groups -OCH3 is 1. The van der Waals surface area contributed by atoms with Gasteiger partial charge in [0.05, 0.1) is 6.54 Å². The van der Waals surface area contributed by atoms with Crippen LogP contribution < -0.4 is 5.32 Å². The van der Waals surface area contributed by atoms with E-state index in [4.69, 9.17) is 4.74 Å². The maximum absolute atomic E-state index is 12.5. The van der Waals surface area contributed by atoms with Gasteiger partial charge in [-0.2, -0.15) is 0 Å². The highest BCUT2D eigenvalue weighted by Crippen LogP contribution is 2.24. The molecule has 1 atom stereocenters. The van der Waals surface area contributed by atoms with E-state index in [0.29, 0.717) is 6.54 Å². The number of amides is 1. The van der Waals surface area contributed by atoms with Crippen molar-refractivity contribution in [3.8, 4) is 0 Å². The van der Waals surface area contributed by atoms with Crippen LogP contribution in [0, 0.1) is 6.92 Å². The van der Waals surface area contributed by atoms with Crippen molar-refractivity contribution in [2.24, 2.45) is 7.05 Å². The summed E-state index contributed by atoms with van der Waals surface area (Å²) in [4.78, 5) is 12.5. The Morgan fingerprint density at radius 1 is 1.24 bits per heavy atom. The van der Waals surface area contributed by atoms with Crippen molar-refractivity contribution in [3.05, 3.63) is 59.4 Å². The number of benzene rings is 1. The van der Waals surface area contributed by atoms with Gasteiger partial charge in [-0.05, 0) is 31.5 Å². The predicted octanol–water partition coefficient (Wildman–Crippen LogP) is 2.51. The molecular formula is C17H22N2O2. The van der Waals surface area contributed by atoms with Gasteiger partial charge in [0, 0.05) is 25.5 Å². The average molecular weight is 286 g/mol. The fourth-order valence-electron chi connectivity index (χ4n) is 2.28. The third-order valence-corrected chi connectivity index (χ3v) is 4.07. The Morgan fingerprint density at radius 3 is 2.43 bits per heavy atom. The Kier molecular flexibility index (Phi) is 4.48. The second-order valence-corrected chi connectivity index (χ2v) is 5.31. The van der Waals surface area contributed by atoms with Crippen LogP contribution in [0.3, 0.4) is 0 Å². The summed E-state index contributed by atoms with van der Waals surface area (Å²) in [5.41, 5.74) is 2.08. The van der Waals surface area contributed by atoms with E-state index >= 15 is 0 Å². The number of rotatable bonds is 5. The van der Waals surface area contributed by atoms with Crippen LogP contribution in [0.15, 0.2) is 42.5 Å². The molecule has 0 spiro atoms. The quantitative estimate of drug-likeness (QED) is 0.918. The molecule has 0 aliphatic heterocycles. The first-order chi connectivity index (χ1) is 9.99. The van der Waals surface area contributed by atoms with Crippen LogP contribution >= 0.6 is 0 Å². The number of nitrogens with one attached hydrogen (secondary N) is 1. The van der Waals surface area contributed by atoms with Crippen molar-refractivity contribution in [1.29, 1.82) is 0 Å². The average Bonchev–Trinajstić information content (AvgIpc) is 2.84. The molecule has 0 fully saturated rings. The molecule has 112 valence electrons. The number of carbonyl (C=O) groups excluding carboxylic acids is 1. The number of hydrogen-bond acceptors (Lipinski definition) is 2. The number of nitrogens with zero attached hydrogens (tertiary/aromatic N) is 1. The van der Waals surface area contributed by atoms with Gasteiger partial charge in [0.2, 0.25) is 0 Å². The summed E-state index contributed by atoms with van der Waals surface area (Å²) < 4.78 is 7.55. The number of aromatic nitrogens is 1. The zero-order valence-electron chi connectivity index (χ0n) is 13.0. The first kappa shape index (κ1) is 15.3. The van der Waals surface area contributed by atoms with Crippen molar-refractivity contribution >= 4 is 5.91 Å². The van der Waals surface area contributed by atoms with Gasteiger partial charge in [0.1, 0.15) is 0 Å². The highest BCUT2D eigenvalue weighted by molar-refractivity contribution is 5.86. The van der Waals surface area contributed by atoms with Crippen molar-refractivity contribution in [2.75, 3.05) is 7.11 Å². The Labute approximate surface area is 125 Å². The summed E-state index contributed by atoms with van der Waals surface area (Å²) in [7, 11) is 3.54. The van der Waals surface area contributed by atoms with E-state index in [9.17, 15) is 4.79 Å². The Balaban J connectivity index is 2.12. The second-order valence-electron chi connectivity index (χ2n) is 5.31. The molecule has 4 nitrogen and oxygen atoms in total. The van der Waals surface area contributed by atoms with Crippen LogP contribution in [0.25, 0.3) is 0 Å². The molecule has 0 saturated heterocycles. The van der Waals surface area contributed by atoms with Crippen LogP contribution in [0.5, 0.6) is 0 Å². The minimum atomic E-state index is -0.985. The van der Waals surface area contributed by atoms with Crippen LogP contribution in [-0.4, -0.2) is 17.6 Å². The molecule has 1 heterocycles. The van der Waals surface area contributed by atoms with Crippen molar-refractivity contribution < 1.29 is 9.53 Å². The normalized spacial score (nSPS) is 13.7. The molecule has 0 aliphatic rings. The van der Waals surface area contributed by atoms with Gasteiger partial charge in [-0.15, -0.1) is 0 Å². The van der Waals surface area contributed by atoms with Crippen molar-refractivity contribution in [1.82, 2.24) is 9.88 Å². The first-order valence-corrected chi connectivity index (χ1v) is 6.99. The highest BCUT2D eigenvalue weighted by atomic mass is 16.5. The smallest absolute Gasteiger partial charge is 0.256 e. The van der Waals surface area contributed by atoms with E-state index in [-0.39, 0.29) is 5.91 Å². The minimum absolute atomic E-state index is 0.143. The Hall–Kier alpha value is -2.07. The maximum atomic E-state index is 12.5. The molecule has 0 saturated carbocycles. The molecule has 4 heteroatoms. The van der Waals surface area contributed by atoms with E-state index in [1.54, 1.807) is 14.0 Å². The third-order valence-electron chi connectivity index (χ3n) is 4.07. The lowest BCUT2D eigenvalue weighted by Crippen LogP contribution is -2.43. The molecule has 1 unspecified atom stereocenters. The molecule has 1 aromatic heterocycles. The topological polar surface area (TPSA) is 43.3 Å². The van der Waals surface area contributed by atoms with E-state index in [1.807, 2.05) is 56.4 Å². The molecular weight excluding hydrogens is 264 g/mol. The molecule has 1 aromatic carbocycles. The van der Waals surface area contributed by atoms with Crippen LogP contribution in [0.1, 0.15) is 23.9 Å². The van der Waals surface area contributed by atoms with Crippen molar-refractivity contribution in [3.63, 3.8) is 0 Å². The predicted molar refractivity (Wildman–Crippen MR) is 82.8 cm³/mol. The lowest BCUT2D eigenvalue weighted by atomic mass is 9.95. The molecule has 0 aliphatic carbocycles. The summed E-state index contributed by atoms with van der Waals surface area (Å²) in [6, 6.07) is 13.6. The number of carbonyl (C=O) groups is 1. The molecule has 1 amide bonds. The second kappa shape index (κ2) is 6.14. The summed E-state index contributed by atoms with van der Waals surface area (Å²) in [6.45, 7) is 4.30. The van der Waals surface area contributed by atoms with Crippen molar-refractivity contribution in [2.45, 2.75) is 26.0 Å². The third kappa shape index (κ3) is 3.00. The zero-order valence-corrected chi connectivity index (χ0v) is 13.0. The maximum Gasteiger partial charge on any atom is 0.256 e. The molecule has 0 radical (unpaired) electrons. The lowest BCUT2D eigenvalue weighted by molar-refractivity contribution is -0.142. The fraction of sp³-hybridized carbons (Fsp3) is 0.353. The number of ether oxygens (including phenoxy) is 1. The van der Waals surface area contributed by atoms with Crippen LogP contribution in [0.4, 0.5) is 0 Å². The molecule has 0 bridgehead atoms. The summed E-state index contributed by atoms with van der Waals surface area (Å²) >= 11 is 0. The molecule has 1 N–H and O–H groups in total. The fourth-order valence-corrected chi connectivity index (χ4v) is 2.28. The first-order valence-electron chi connectivity index (χ1n) is 6.99. The largest absolute Gasteiger partial charge is 0.364 e. The van der Waals surface area contributed by atoms with Gasteiger partial charge >= 0.3 is 0 Å². The van der Waals surface area contributed by atoms with Gasteiger partial charge < -0.3 is 14.6 Å². The van der Waals surface area contributed by atoms with Crippen LogP contribution in [0.2, 0.25) is 0 Å². The van der Waals surface area contributed by atoms with Gasteiger partial charge in [-0.3, -0.25) is 4.79 Å². The van der Waals surface area contributed by atoms with E-state index in [1.165, 1.54) is 0 Å². The molecule has 2 rings (SSSR count). The van der Waals surface area contributed by atoms with Crippen LogP contribution in [-0.2, 0) is 28.7 Å². The van der Waals surface area contributed by atoms with E-state index < -0.39 is 5.60 Å². The molecule has 2 aromatic rings. The lowest BCUT2D eigenvalue weighted by Gasteiger charge is -2.27. The number of aryl methyl sites for hydroxylation is 1. The summed E-state index contributed by atoms with van der Waals surface area (Å²) in [5, 5.41) is 2.96. The molecule has 21 heavy (non-hydrogen) atoms. The number of hydrogen-bond donors (Lipinski definition) is 1. The van der Waals surface area contributed by atoms with Gasteiger partial charge in [0.25, 0.3) is 5.91 Å². The summed E-state index contributed by atoms with van der Waals surface area (Å²) in [6.07, 6.45) is 0. The zero-order chi connectivity index (χ0) is 15.5. The monoisotopic (exact) mass is 286 g/mol. The Morgan fingerprint density at radius 2 is 1.90 bits per heavy atom. The van der Waals surface area contributed by atoms with Gasteiger partial charge in [0.15, 0.2) is 5.60 Å². The SMILES string of the molecule is COC(C)(C(=O)NCc1ccc(C)n1C)c1ccccc1. The van der Waals surface area contributed by atoms with Gasteiger partial charge in [-0.25, -0.2) is 0 Å². The van der Waals surface area contributed by atoms with Gasteiger partial charge in [-0.1, -0.05) is 30.3 Å². The summed E-state index contributed by atoms with van der Waals surface area (Å²) in [5.74, 6) is -0.143. The highest BCUT2D eigenvalue weighted by Gasteiger charge is 2.34. The van der Waals surface area contributed by atoms with E-state index in [0.717, 1.165) is 17.0 Å². The van der Waals surface area contributed by atoms with E-state index in [2.05, 4.69) is 9.88 Å². The standard InChI is InChI=1S/C17H22N2O2/c1-13-10-11-15(19(13)3)12-18-16(20)17(2,21-4)14-8-6-5-7-9-14/h5-11H,12H2,1-4H3,(H,18,20).